The molecule has 1 amide bonds. The first-order chi connectivity index (χ1) is 8.70. The van der Waals surface area contributed by atoms with Gasteiger partial charge in [-0.2, -0.15) is 5.26 Å². The van der Waals surface area contributed by atoms with Crippen molar-refractivity contribution in [3.63, 3.8) is 0 Å². The molecule has 1 heterocycles. The van der Waals surface area contributed by atoms with E-state index in [1.54, 1.807) is 18.2 Å². The van der Waals surface area contributed by atoms with Crippen LogP contribution < -0.4 is 5.32 Å². The molecule has 0 saturated heterocycles. The van der Waals surface area contributed by atoms with Crippen LogP contribution >= 0.6 is 22.6 Å². The third-order valence-corrected chi connectivity index (χ3v) is 3.19. The standard InChI is InChI=1S/C13H8IN3O/c14-11-4-2-1-3-10(11)13(18)17-12-6-5-9(7-15)8-16-12/h1-6,8H,(H,16,17,18). The minimum atomic E-state index is -0.211. The molecule has 1 aromatic heterocycles. The van der Waals surface area contributed by atoms with Crippen LogP contribution in [-0.2, 0) is 0 Å². The molecule has 5 heteroatoms. The van der Waals surface area contributed by atoms with E-state index in [-0.39, 0.29) is 5.91 Å². The first kappa shape index (κ1) is 12.5. The zero-order valence-corrected chi connectivity index (χ0v) is 11.4. The number of carbonyl (C=O) groups is 1. The number of rotatable bonds is 2. The normalized spacial score (nSPS) is 9.56. The van der Waals surface area contributed by atoms with Gasteiger partial charge in [0.1, 0.15) is 11.9 Å². The van der Waals surface area contributed by atoms with Gasteiger partial charge in [-0.1, -0.05) is 12.1 Å². The molecular weight excluding hydrogens is 341 g/mol. The predicted octanol–water partition coefficient (Wildman–Crippen LogP) is 2.81. The number of nitrogens with zero attached hydrogens (tertiary/aromatic N) is 2. The van der Waals surface area contributed by atoms with Gasteiger partial charge < -0.3 is 5.32 Å². The monoisotopic (exact) mass is 349 g/mol. The van der Waals surface area contributed by atoms with Crippen LogP contribution in [-0.4, -0.2) is 10.9 Å². The van der Waals surface area contributed by atoms with Crippen molar-refractivity contribution in [2.45, 2.75) is 0 Å². The Morgan fingerprint density at radius 1 is 1.28 bits per heavy atom. The molecule has 88 valence electrons. The Kier molecular flexibility index (Phi) is 3.89. The Labute approximate surface area is 118 Å². The molecule has 0 aliphatic heterocycles. The van der Waals surface area contributed by atoms with Crippen molar-refractivity contribution in [2.75, 3.05) is 5.32 Å². The van der Waals surface area contributed by atoms with E-state index in [0.29, 0.717) is 16.9 Å². The SMILES string of the molecule is N#Cc1ccc(NC(=O)c2ccccc2I)nc1. The van der Waals surface area contributed by atoms with Crippen molar-refractivity contribution in [2.24, 2.45) is 0 Å². The van der Waals surface area contributed by atoms with Crippen LogP contribution in [0.2, 0.25) is 0 Å². The van der Waals surface area contributed by atoms with Gasteiger partial charge in [-0.05, 0) is 46.9 Å². The maximum atomic E-state index is 12.0. The van der Waals surface area contributed by atoms with Crippen LogP contribution in [0.3, 0.4) is 0 Å². The molecule has 0 aliphatic rings. The summed E-state index contributed by atoms with van der Waals surface area (Å²) in [5.74, 6) is 0.218. The highest BCUT2D eigenvalue weighted by molar-refractivity contribution is 14.1. The molecule has 0 aliphatic carbocycles. The molecular formula is C13H8IN3O. The number of amides is 1. The third-order valence-electron chi connectivity index (χ3n) is 2.25. The summed E-state index contributed by atoms with van der Waals surface area (Å²) in [6.45, 7) is 0. The third kappa shape index (κ3) is 2.84. The molecule has 0 fully saturated rings. The predicted molar refractivity (Wildman–Crippen MR) is 76.1 cm³/mol. The van der Waals surface area contributed by atoms with Crippen LogP contribution in [0.5, 0.6) is 0 Å². The van der Waals surface area contributed by atoms with Crippen molar-refractivity contribution in [3.8, 4) is 6.07 Å². The molecule has 0 unspecified atom stereocenters. The van der Waals surface area contributed by atoms with Crippen molar-refractivity contribution >= 4 is 34.3 Å². The zero-order valence-electron chi connectivity index (χ0n) is 9.22. The fourth-order valence-corrected chi connectivity index (χ4v) is 2.00. The van der Waals surface area contributed by atoms with E-state index in [1.165, 1.54) is 6.20 Å². The van der Waals surface area contributed by atoms with Crippen LogP contribution in [0, 0.1) is 14.9 Å². The lowest BCUT2D eigenvalue weighted by Crippen LogP contribution is -2.14. The lowest BCUT2D eigenvalue weighted by Gasteiger charge is -2.05. The number of nitrogens with one attached hydrogen (secondary N) is 1. The van der Waals surface area contributed by atoms with E-state index in [9.17, 15) is 4.79 Å². The number of hydrogen-bond acceptors (Lipinski definition) is 3. The number of carbonyl (C=O) groups excluding carboxylic acids is 1. The Hall–Kier alpha value is -1.94. The fourth-order valence-electron chi connectivity index (χ4n) is 1.36. The van der Waals surface area contributed by atoms with Gasteiger partial charge in [-0.3, -0.25) is 4.79 Å². The van der Waals surface area contributed by atoms with Crippen LogP contribution in [0.1, 0.15) is 15.9 Å². The Morgan fingerprint density at radius 2 is 2.06 bits per heavy atom. The number of anilines is 1. The largest absolute Gasteiger partial charge is 0.307 e. The minimum absolute atomic E-state index is 0.211. The average molecular weight is 349 g/mol. The van der Waals surface area contributed by atoms with Gasteiger partial charge in [-0.25, -0.2) is 4.98 Å². The summed E-state index contributed by atoms with van der Waals surface area (Å²) in [6.07, 6.45) is 1.42. The second-order valence-corrected chi connectivity index (χ2v) is 4.64. The second kappa shape index (κ2) is 5.60. The number of benzene rings is 1. The number of aromatic nitrogens is 1. The topological polar surface area (TPSA) is 65.8 Å². The van der Waals surface area contributed by atoms with Crippen LogP contribution in [0.15, 0.2) is 42.6 Å². The first-order valence-corrected chi connectivity index (χ1v) is 6.20. The average Bonchev–Trinajstić information content (AvgIpc) is 2.40. The van der Waals surface area contributed by atoms with Gasteiger partial charge in [-0.15, -0.1) is 0 Å². The van der Waals surface area contributed by atoms with Gasteiger partial charge in [0.2, 0.25) is 0 Å². The fraction of sp³-hybridized carbons (Fsp3) is 0. The Balaban J connectivity index is 2.17. The van der Waals surface area contributed by atoms with E-state index >= 15 is 0 Å². The van der Waals surface area contributed by atoms with E-state index in [0.717, 1.165) is 3.57 Å². The number of nitriles is 1. The minimum Gasteiger partial charge on any atom is -0.307 e. The highest BCUT2D eigenvalue weighted by Crippen LogP contribution is 2.13. The summed E-state index contributed by atoms with van der Waals surface area (Å²) in [7, 11) is 0. The molecule has 0 saturated carbocycles. The zero-order chi connectivity index (χ0) is 13.0. The van der Waals surface area contributed by atoms with Crippen molar-refractivity contribution < 1.29 is 4.79 Å². The highest BCUT2D eigenvalue weighted by Gasteiger charge is 2.09. The van der Waals surface area contributed by atoms with Crippen molar-refractivity contribution in [3.05, 3.63) is 57.3 Å². The lowest BCUT2D eigenvalue weighted by molar-refractivity contribution is 0.102. The van der Waals surface area contributed by atoms with E-state index < -0.39 is 0 Å². The maximum absolute atomic E-state index is 12.0. The second-order valence-electron chi connectivity index (χ2n) is 3.48. The highest BCUT2D eigenvalue weighted by atomic mass is 127. The molecule has 0 bridgehead atoms. The van der Waals surface area contributed by atoms with Gasteiger partial charge in [0, 0.05) is 9.77 Å². The quantitative estimate of drug-likeness (QED) is 0.848. The molecule has 1 N–H and O–H groups in total. The van der Waals surface area contributed by atoms with Gasteiger partial charge in [0.15, 0.2) is 0 Å². The van der Waals surface area contributed by atoms with Gasteiger partial charge in [0.25, 0.3) is 5.91 Å². The Morgan fingerprint density at radius 3 is 2.67 bits per heavy atom. The molecule has 1 aromatic carbocycles. The van der Waals surface area contributed by atoms with Crippen molar-refractivity contribution in [1.29, 1.82) is 5.26 Å². The van der Waals surface area contributed by atoms with Crippen molar-refractivity contribution in [1.82, 2.24) is 4.98 Å². The van der Waals surface area contributed by atoms with E-state index in [4.69, 9.17) is 5.26 Å². The molecule has 2 aromatic rings. The summed E-state index contributed by atoms with van der Waals surface area (Å²) in [6, 6.07) is 12.5. The molecule has 4 nitrogen and oxygen atoms in total. The maximum Gasteiger partial charge on any atom is 0.257 e. The lowest BCUT2D eigenvalue weighted by atomic mass is 10.2. The van der Waals surface area contributed by atoms with Gasteiger partial charge >= 0.3 is 0 Å². The summed E-state index contributed by atoms with van der Waals surface area (Å²) >= 11 is 2.11. The summed E-state index contributed by atoms with van der Waals surface area (Å²) in [5.41, 5.74) is 1.06. The number of hydrogen-bond donors (Lipinski definition) is 1. The molecule has 0 atom stereocenters. The van der Waals surface area contributed by atoms with Crippen LogP contribution in [0.25, 0.3) is 0 Å². The summed E-state index contributed by atoms with van der Waals surface area (Å²) in [5, 5.41) is 11.3. The molecule has 0 spiro atoms. The molecule has 0 radical (unpaired) electrons. The van der Waals surface area contributed by atoms with E-state index in [1.807, 2.05) is 24.3 Å². The Bertz CT molecular complexity index is 617. The number of pyridine rings is 1. The summed E-state index contributed by atoms with van der Waals surface area (Å²) < 4.78 is 0.876. The van der Waals surface area contributed by atoms with Gasteiger partial charge in [0.05, 0.1) is 11.1 Å². The smallest absolute Gasteiger partial charge is 0.257 e. The molecule has 2 rings (SSSR count). The summed E-state index contributed by atoms with van der Waals surface area (Å²) in [4.78, 5) is 16.0. The molecule has 18 heavy (non-hydrogen) atoms. The van der Waals surface area contributed by atoms with Crippen LogP contribution in [0.4, 0.5) is 5.82 Å². The first-order valence-electron chi connectivity index (χ1n) is 5.13. The van der Waals surface area contributed by atoms with E-state index in [2.05, 4.69) is 32.9 Å². The number of halogens is 1.